The van der Waals surface area contributed by atoms with Crippen LogP contribution in [0, 0.1) is 5.92 Å². The lowest BCUT2D eigenvalue weighted by Gasteiger charge is -2.22. The molecule has 0 radical (unpaired) electrons. The van der Waals surface area contributed by atoms with Gasteiger partial charge in [-0.1, -0.05) is 73.6 Å². The molecular formula is C33H43NO4. The molecule has 204 valence electrons. The van der Waals surface area contributed by atoms with Crippen LogP contribution in [-0.4, -0.2) is 23.3 Å². The lowest BCUT2D eigenvalue weighted by molar-refractivity contribution is -0.155. The molecule has 2 aromatic carbocycles. The van der Waals surface area contributed by atoms with E-state index >= 15 is 0 Å². The monoisotopic (exact) mass is 517 g/mol. The van der Waals surface area contributed by atoms with E-state index < -0.39 is 5.60 Å². The molecule has 1 aliphatic rings. The molecule has 4 rings (SSSR count). The molecule has 0 aliphatic heterocycles. The van der Waals surface area contributed by atoms with Crippen LogP contribution in [0.1, 0.15) is 101 Å². The Balaban J connectivity index is 1.50. The highest BCUT2D eigenvalue weighted by atomic mass is 16.6. The summed E-state index contributed by atoms with van der Waals surface area (Å²) in [5.41, 5.74) is 5.12. The first kappa shape index (κ1) is 28.1. The molecule has 0 bridgehead atoms. The SMILES string of the molecule is CC(C)Cc1ccc(-c2onc(C(CCCOCc3ccccc3)CC(=O)OC(C)(C)C)c2C2CC2)cc1. The molecule has 3 aromatic rings. The molecular weight excluding hydrogens is 474 g/mol. The highest BCUT2D eigenvalue weighted by Gasteiger charge is 2.36. The van der Waals surface area contributed by atoms with Crippen molar-refractivity contribution in [3.63, 3.8) is 0 Å². The predicted octanol–water partition coefficient (Wildman–Crippen LogP) is 8.23. The van der Waals surface area contributed by atoms with Gasteiger partial charge in [0.1, 0.15) is 5.60 Å². The average Bonchev–Trinajstić information content (AvgIpc) is 3.60. The number of ether oxygens (including phenoxy) is 2. The van der Waals surface area contributed by atoms with E-state index in [-0.39, 0.29) is 18.3 Å². The molecule has 5 heteroatoms. The minimum atomic E-state index is -0.521. The van der Waals surface area contributed by atoms with Crippen LogP contribution in [0.25, 0.3) is 11.3 Å². The molecule has 1 fully saturated rings. The highest BCUT2D eigenvalue weighted by Crippen LogP contribution is 2.48. The largest absolute Gasteiger partial charge is 0.460 e. The lowest BCUT2D eigenvalue weighted by Crippen LogP contribution is -2.25. The van der Waals surface area contributed by atoms with E-state index in [1.807, 2.05) is 39.0 Å². The smallest absolute Gasteiger partial charge is 0.306 e. The maximum atomic E-state index is 12.9. The van der Waals surface area contributed by atoms with Crippen molar-refractivity contribution < 1.29 is 18.8 Å². The van der Waals surface area contributed by atoms with Gasteiger partial charge in [0.15, 0.2) is 5.76 Å². The Morgan fingerprint density at radius 3 is 2.37 bits per heavy atom. The van der Waals surface area contributed by atoms with E-state index in [2.05, 4.69) is 55.4 Å². The third kappa shape index (κ3) is 8.29. The fraction of sp³-hybridized carbons (Fsp3) is 0.515. The molecule has 0 amide bonds. The first-order chi connectivity index (χ1) is 18.2. The van der Waals surface area contributed by atoms with Crippen LogP contribution in [0.2, 0.25) is 0 Å². The first-order valence-electron chi connectivity index (χ1n) is 14.1. The number of benzene rings is 2. The summed E-state index contributed by atoms with van der Waals surface area (Å²) in [7, 11) is 0. The van der Waals surface area contributed by atoms with Crippen molar-refractivity contribution in [2.45, 2.75) is 97.2 Å². The van der Waals surface area contributed by atoms with Crippen molar-refractivity contribution in [1.29, 1.82) is 0 Å². The van der Waals surface area contributed by atoms with Gasteiger partial charge in [-0.2, -0.15) is 0 Å². The zero-order valence-electron chi connectivity index (χ0n) is 23.7. The maximum Gasteiger partial charge on any atom is 0.306 e. The van der Waals surface area contributed by atoms with Gasteiger partial charge in [-0.15, -0.1) is 0 Å². The normalized spacial score (nSPS) is 14.6. The van der Waals surface area contributed by atoms with Crippen LogP contribution in [0.4, 0.5) is 0 Å². The summed E-state index contributed by atoms with van der Waals surface area (Å²) in [6.45, 7) is 11.4. The van der Waals surface area contributed by atoms with Gasteiger partial charge in [-0.25, -0.2) is 0 Å². The molecule has 0 spiro atoms. The fourth-order valence-electron chi connectivity index (χ4n) is 4.96. The summed E-state index contributed by atoms with van der Waals surface area (Å²) in [6, 6.07) is 18.9. The topological polar surface area (TPSA) is 61.6 Å². The Labute approximate surface area is 227 Å². The highest BCUT2D eigenvalue weighted by molar-refractivity contribution is 5.72. The number of hydrogen-bond acceptors (Lipinski definition) is 5. The van der Waals surface area contributed by atoms with Crippen LogP contribution in [-0.2, 0) is 27.3 Å². The zero-order chi connectivity index (χ0) is 27.1. The molecule has 38 heavy (non-hydrogen) atoms. The van der Waals surface area contributed by atoms with Gasteiger partial charge in [0.2, 0.25) is 0 Å². The minimum Gasteiger partial charge on any atom is -0.460 e. The standard InChI is InChI=1S/C33H43NO4/c1-23(2)20-24-13-15-27(16-14-24)32-30(26-17-18-26)31(34-38-32)28(21-29(35)37-33(3,4)5)12-9-19-36-22-25-10-7-6-8-11-25/h6-8,10-11,13-16,23,26,28H,9,12,17-22H2,1-5H3. The van der Waals surface area contributed by atoms with Crippen molar-refractivity contribution in [2.75, 3.05) is 6.61 Å². The van der Waals surface area contributed by atoms with Gasteiger partial charge in [0, 0.05) is 23.7 Å². The Bertz CT molecular complexity index is 1150. The Morgan fingerprint density at radius 1 is 1.03 bits per heavy atom. The number of nitrogens with zero attached hydrogens (tertiary/aromatic N) is 1. The molecule has 0 saturated heterocycles. The van der Waals surface area contributed by atoms with Gasteiger partial charge in [0.25, 0.3) is 0 Å². The molecule has 1 aliphatic carbocycles. The second kappa shape index (κ2) is 12.8. The van der Waals surface area contributed by atoms with Crippen LogP contribution in [0.3, 0.4) is 0 Å². The summed E-state index contributed by atoms with van der Waals surface area (Å²) in [5.74, 6) is 1.64. The number of rotatable bonds is 13. The van der Waals surface area contributed by atoms with Gasteiger partial charge in [-0.3, -0.25) is 4.79 Å². The van der Waals surface area contributed by atoms with Crippen molar-refractivity contribution >= 4 is 5.97 Å². The molecule has 1 unspecified atom stereocenters. The molecule has 1 atom stereocenters. The van der Waals surface area contributed by atoms with Gasteiger partial charge >= 0.3 is 5.97 Å². The summed E-state index contributed by atoms with van der Waals surface area (Å²) in [5, 5.41) is 4.60. The summed E-state index contributed by atoms with van der Waals surface area (Å²) < 4.78 is 17.7. The Morgan fingerprint density at radius 2 is 1.74 bits per heavy atom. The van der Waals surface area contributed by atoms with E-state index in [0.29, 0.717) is 25.0 Å². The second-order valence-electron chi connectivity index (χ2n) is 12.0. The van der Waals surface area contributed by atoms with Crippen LogP contribution >= 0.6 is 0 Å². The van der Waals surface area contributed by atoms with Crippen molar-refractivity contribution in [2.24, 2.45) is 5.92 Å². The fourth-order valence-corrected chi connectivity index (χ4v) is 4.96. The minimum absolute atomic E-state index is 0.0708. The average molecular weight is 518 g/mol. The van der Waals surface area contributed by atoms with E-state index in [4.69, 9.17) is 14.0 Å². The van der Waals surface area contributed by atoms with E-state index in [9.17, 15) is 4.79 Å². The third-order valence-electron chi connectivity index (χ3n) is 6.77. The molecule has 5 nitrogen and oxygen atoms in total. The Kier molecular flexibility index (Phi) is 9.43. The van der Waals surface area contributed by atoms with Crippen LogP contribution in [0.5, 0.6) is 0 Å². The second-order valence-corrected chi connectivity index (χ2v) is 12.0. The van der Waals surface area contributed by atoms with Gasteiger partial charge in [0.05, 0.1) is 18.7 Å². The maximum absolute atomic E-state index is 12.9. The summed E-state index contributed by atoms with van der Waals surface area (Å²) in [6.07, 6.45) is 5.22. The third-order valence-corrected chi connectivity index (χ3v) is 6.77. The molecule has 1 aromatic heterocycles. The van der Waals surface area contributed by atoms with Crippen molar-refractivity contribution in [1.82, 2.24) is 5.16 Å². The number of esters is 1. The lowest BCUT2D eigenvalue weighted by atomic mass is 9.89. The molecule has 0 N–H and O–H groups in total. The van der Waals surface area contributed by atoms with E-state index in [1.165, 1.54) is 11.1 Å². The molecule has 1 heterocycles. The van der Waals surface area contributed by atoms with Crippen molar-refractivity contribution in [3.05, 3.63) is 77.0 Å². The van der Waals surface area contributed by atoms with Crippen LogP contribution < -0.4 is 0 Å². The van der Waals surface area contributed by atoms with E-state index in [1.54, 1.807) is 0 Å². The summed E-state index contributed by atoms with van der Waals surface area (Å²) >= 11 is 0. The number of aromatic nitrogens is 1. The number of hydrogen-bond donors (Lipinski definition) is 0. The van der Waals surface area contributed by atoms with Crippen LogP contribution in [0.15, 0.2) is 59.1 Å². The quantitative estimate of drug-likeness (QED) is 0.169. The first-order valence-corrected chi connectivity index (χ1v) is 14.1. The zero-order valence-corrected chi connectivity index (χ0v) is 23.7. The summed E-state index contributed by atoms with van der Waals surface area (Å²) in [4.78, 5) is 12.9. The number of carbonyl (C=O) groups is 1. The van der Waals surface area contributed by atoms with Gasteiger partial charge in [-0.05, 0) is 75.8 Å². The number of carbonyl (C=O) groups excluding carboxylic acids is 1. The Hall–Kier alpha value is -2.92. The predicted molar refractivity (Wildman–Crippen MR) is 151 cm³/mol. The van der Waals surface area contributed by atoms with Crippen molar-refractivity contribution in [3.8, 4) is 11.3 Å². The van der Waals surface area contributed by atoms with Gasteiger partial charge < -0.3 is 14.0 Å². The molecule has 1 saturated carbocycles. The van der Waals surface area contributed by atoms with E-state index in [0.717, 1.165) is 54.7 Å².